The molecule has 6 heteroatoms. The summed E-state index contributed by atoms with van der Waals surface area (Å²) in [4.78, 5) is 15.6. The predicted molar refractivity (Wildman–Crippen MR) is 108 cm³/mol. The number of fused-ring (bicyclic) bond motifs is 5. The van der Waals surface area contributed by atoms with Crippen molar-refractivity contribution in [2.75, 3.05) is 38.1 Å². The van der Waals surface area contributed by atoms with E-state index in [-0.39, 0.29) is 12.7 Å². The van der Waals surface area contributed by atoms with Gasteiger partial charge in [-0.25, -0.2) is 0 Å². The van der Waals surface area contributed by atoms with Crippen LogP contribution in [0.3, 0.4) is 0 Å². The largest absolute Gasteiger partial charge is 0.491 e. The Bertz CT molecular complexity index is 943. The van der Waals surface area contributed by atoms with E-state index in [1.54, 1.807) is 0 Å². The summed E-state index contributed by atoms with van der Waals surface area (Å²) in [5, 5.41) is 0. The van der Waals surface area contributed by atoms with Gasteiger partial charge in [0.25, 0.3) is 0 Å². The fraction of sp³-hybridized carbons (Fsp3) is 0.435. The molecule has 0 fully saturated rings. The van der Waals surface area contributed by atoms with Crippen molar-refractivity contribution < 1.29 is 23.7 Å². The van der Waals surface area contributed by atoms with Crippen molar-refractivity contribution >= 4 is 11.6 Å². The van der Waals surface area contributed by atoms with Gasteiger partial charge in [-0.3, -0.25) is 4.79 Å². The van der Waals surface area contributed by atoms with Crippen molar-refractivity contribution in [3.8, 4) is 17.2 Å². The number of hydrogen-bond donors (Lipinski definition) is 0. The number of benzene rings is 2. The molecular formula is C23H25NO5. The normalized spacial score (nSPS) is 20.9. The summed E-state index contributed by atoms with van der Waals surface area (Å²) < 4.78 is 22.7. The van der Waals surface area contributed by atoms with Crippen molar-refractivity contribution in [3.05, 3.63) is 47.5 Å². The number of hydrogen-bond acceptors (Lipinski definition) is 5. The SMILES string of the molecule is CCCCOCCCN1C(=O)C2(COc3cc4c(cc32)OCO4)c2ccccc21. The van der Waals surface area contributed by atoms with Crippen molar-refractivity contribution in [2.45, 2.75) is 31.6 Å². The van der Waals surface area contributed by atoms with Crippen LogP contribution in [-0.4, -0.2) is 39.1 Å². The minimum absolute atomic E-state index is 0.0601. The van der Waals surface area contributed by atoms with Crippen molar-refractivity contribution in [2.24, 2.45) is 0 Å². The summed E-state index contributed by atoms with van der Waals surface area (Å²) in [5.74, 6) is 2.09. The molecule has 5 rings (SSSR count). The Kier molecular flexibility index (Phi) is 4.59. The Labute approximate surface area is 170 Å². The number of para-hydroxylation sites is 1. The van der Waals surface area contributed by atoms with Crippen LogP contribution in [0.2, 0.25) is 0 Å². The predicted octanol–water partition coefficient (Wildman–Crippen LogP) is 3.65. The zero-order valence-corrected chi connectivity index (χ0v) is 16.6. The van der Waals surface area contributed by atoms with E-state index in [4.69, 9.17) is 18.9 Å². The Morgan fingerprint density at radius 3 is 2.66 bits per heavy atom. The monoisotopic (exact) mass is 395 g/mol. The molecule has 0 radical (unpaired) electrons. The quantitative estimate of drug-likeness (QED) is 0.670. The highest BCUT2D eigenvalue weighted by Crippen LogP contribution is 2.54. The maximum atomic E-state index is 13.7. The fourth-order valence-corrected chi connectivity index (χ4v) is 4.46. The van der Waals surface area contributed by atoms with Crippen LogP contribution in [0.25, 0.3) is 0 Å². The average molecular weight is 395 g/mol. The molecule has 1 spiro atoms. The minimum Gasteiger partial charge on any atom is -0.491 e. The third kappa shape index (κ3) is 2.77. The van der Waals surface area contributed by atoms with E-state index in [0.29, 0.717) is 37.0 Å². The summed E-state index contributed by atoms with van der Waals surface area (Å²) in [7, 11) is 0. The van der Waals surface area contributed by atoms with Crippen LogP contribution in [0.5, 0.6) is 17.2 Å². The number of anilines is 1. The van der Waals surface area contributed by atoms with E-state index in [2.05, 4.69) is 6.92 Å². The van der Waals surface area contributed by atoms with Crippen molar-refractivity contribution in [1.29, 1.82) is 0 Å². The van der Waals surface area contributed by atoms with Gasteiger partial charge in [0.05, 0.1) is 0 Å². The molecule has 29 heavy (non-hydrogen) atoms. The Morgan fingerprint density at radius 1 is 1.00 bits per heavy atom. The lowest BCUT2D eigenvalue weighted by Gasteiger charge is -2.23. The maximum Gasteiger partial charge on any atom is 0.245 e. The first-order chi connectivity index (χ1) is 14.3. The van der Waals surface area contributed by atoms with Gasteiger partial charge in [-0.1, -0.05) is 31.5 Å². The zero-order chi connectivity index (χ0) is 19.8. The Morgan fingerprint density at radius 2 is 1.79 bits per heavy atom. The standard InChI is InChI=1S/C23H25NO5/c1-2-3-10-26-11-6-9-24-18-8-5-4-7-16(18)23(22(24)25)14-27-19-13-21-20(12-17(19)23)28-15-29-21/h4-5,7-8,12-13H,2-3,6,9-11,14-15H2,1H3. The van der Waals surface area contributed by atoms with Gasteiger partial charge in [-0.15, -0.1) is 0 Å². The highest BCUT2D eigenvalue weighted by molar-refractivity contribution is 6.11. The smallest absolute Gasteiger partial charge is 0.245 e. The van der Waals surface area contributed by atoms with Gasteiger partial charge in [-0.05, 0) is 30.5 Å². The van der Waals surface area contributed by atoms with Crippen LogP contribution in [0.4, 0.5) is 5.69 Å². The highest BCUT2D eigenvalue weighted by Gasteiger charge is 2.57. The second-order valence-electron chi connectivity index (χ2n) is 7.69. The lowest BCUT2D eigenvalue weighted by atomic mass is 9.77. The second kappa shape index (κ2) is 7.26. The first-order valence-corrected chi connectivity index (χ1v) is 10.3. The number of ether oxygens (including phenoxy) is 4. The molecule has 2 aromatic carbocycles. The minimum atomic E-state index is -0.823. The van der Waals surface area contributed by atoms with Gasteiger partial charge in [0.2, 0.25) is 12.7 Å². The van der Waals surface area contributed by atoms with Crippen LogP contribution in [0.1, 0.15) is 37.3 Å². The Balaban J connectivity index is 1.45. The molecule has 1 atom stereocenters. The van der Waals surface area contributed by atoms with Gasteiger partial charge >= 0.3 is 0 Å². The van der Waals surface area contributed by atoms with E-state index in [0.717, 1.165) is 42.7 Å². The summed E-state index contributed by atoms with van der Waals surface area (Å²) >= 11 is 0. The van der Waals surface area contributed by atoms with Gasteiger partial charge in [0.15, 0.2) is 11.5 Å². The van der Waals surface area contributed by atoms with Gasteiger partial charge < -0.3 is 23.8 Å². The average Bonchev–Trinajstić information content (AvgIpc) is 3.41. The van der Waals surface area contributed by atoms with E-state index < -0.39 is 5.41 Å². The fourth-order valence-electron chi connectivity index (χ4n) is 4.46. The van der Waals surface area contributed by atoms with Crippen LogP contribution in [0, 0.1) is 0 Å². The topological polar surface area (TPSA) is 57.2 Å². The lowest BCUT2D eigenvalue weighted by molar-refractivity contribution is -0.122. The van der Waals surface area contributed by atoms with Gasteiger partial charge in [0.1, 0.15) is 17.8 Å². The lowest BCUT2D eigenvalue weighted by Crippen LogP contribution is -2.43. The molecule has 0 bridgehead atoms. The third-order valence-corrected chi connectivity index (χ3v) is 5.96. The van der Waals surface area contributed by atoms with Crippen LogP contribution in [0.15, 0.2) is 36.4 Å². The summed E-state index contributed by atoms with van der Waals surface area (Å²) in [6.07, 6.45) is 2.99. The van der Waals surface area contributed by atoms with Crippen molar-refractivity contribution in [3.63, 3.8) is 0 Å². The molecular weight excluding hydrogens is 370 g/mol. The van der Waals surface area contributed by atoms with Crippen molar-refractivity contribution in [1.82, 2.24) is 0 Å². The van der Waals surface area contributed by atoms with E-state index >= 15 is 0 Å². The molecule has 152 valence electrons. The first-order valence-electron chi connectivity index (χ1n) is 10.3. The Hall–Kier alpha value is -2.73. The number of unbranched alkanes of at least 4 members (excludes halogenated alkanes) is 1. The van der Waals surface area contributed by atoms with Gasteiger partial charge in [0, 0.05) is 37.1 Å². The summed E-state index contributed by atoms with van der Waals surface area (Å²) in [6.45, 7) is 4.70. The maximum absolute atomic E-state index is 13.7. The molecule has 2 aromatic rings. The molecule has 3 heterocycles. The van der Waals surface area contributed by atoms with Crippen LogP contribution < -0.4 is 19.1 Å². The highest BCUT2D eigenvalue weighted by atomic mass is 16.7. The number of rotatable bonds is 7. The molecule has 3 aliphatic heterocycles. The van der Waals surface area contributed by atoms with E-state index in [9.17, 15) is 4.79 Å². The number of carbonyl (C=O) groups is 1. The second-order valence-corrected chi connectivity index (χ2v) is 7.69. The van der Waals surface area contributed by atoms with E-state index in [1.165, 1.54) is 0 Å². The number of amides is 1. The third-order valence-electron chi connectivity index (χ3n) is 5.96. The molecule has 0 aromatic heterocycles. The molecule has 0 N–H and O–H groups in total. The summed E-state index contributed by atoms with van der Waals surface area (Å²) in [5.41, 5.74) is 1.99. The zero-order valence-electron chi connectivity index (χ0n) is 16.6. The number of carbonyl (C=O) groups excluding carboxylic acids is 1. The van der Waals surface area contributed by atoms with Gasteiger partial charge in [-0.2, -0.15) is 0 Å². The van der Waals surface area contributed by atoms with E-state index in [1.807, 2.05) is 41.3 Å². The summed E-state index contributed by atoms with van der Waals surface area (Å²) in [6, 6.07) is 11.8. The molecule has 1 unspecified atom stereocenters. The van der Waals surface area contributed by atoms with Crippen LogP contribution in [-0.2, 0) is 14.9 Å². The number of nitrogens with zero attached hydrogens (tertiary/aromatic N) is 1. The molecule has 0 saturated heterocycles. The molecule has 0 aliphatic carbocycles. The molecule has 0 saturated carbocycles. The molecule has 1 amide bonds. The molecule has 6 nitrogen and oxygen atoms in total. The first kappa shape index (κ1) is 18.3. The van der Waals surface area contributed by atoms with Crippen LogP contribution >= 0.6 is 0 Å². The molecule has 3 aliphatic rings.